The molecule has 0 bridgehead atoms. The van der Waals surface area contributed by atoms with Crippen LogP contribution < -0.4 is 0 Å². The monoisotopic (exact) mass is 358 g/mol. The predicted molar refractivity (Wildman–Crippen MR) is 108 cm³/mol. The topological polar surface area (TPSA) is 40.5 Å². The third-order valence-corrected chi connectivity index (χ3v) is 4.28. The van der Waals surface area contributed by atoms with Crippen molar-refractivity contribution in [2.45, 2.75) is 26.2 Å². The van der Waals surface area contributed by atoms with Crippen molar-refractivity contribution in [3.05, 3.63) is 70.0 Å². The Balaban J connectivity index is 2.13. The zero-order chi connectivity index (χ0) is 17.5. The Bertz CT molecular complexity index is 722. The SMILES string of the molecule is CC(S)=CCCC(S)=CCc1c(O)cc(-c2ccccc2)cc1O. The zero-order valence-electron chi connectivity index (χ0n) is 13.6. The van der Waals surface area contributed by atoms with Gasteiger partial charge in [-0.1, -0.05) is 42.5 Å². The average Bonchev–Trinajstić information content (AvgIpc) is 2.54. The number of aromatic hydroxyl groups is 2. The molecule has 0 aromatic heterocycles. The van der Waals surface area contributed by atoms with E-state index in [0.29, 0.717) is 12.0 Å². The van der Waals surface area contributed by atoms with Crippen molar-refractivity contribution in [3.8, 4) is 22.6 Å². The number of hydrogen-bond donors (Lipinski definition) is 4. The van der Waals surface area contributed by atoms with Gasteiger partial charge in [0.2, 0.25) is 0 Å². The van der Waals surface area contributed by atoms with Crippen LogP contribution in [0, 0.1) is 0 Å². The summed E-state index contributed by atoms with van der Waals surface area (Å²) in [5.74, 6) is 0.190. The Labute approximate surface area is 154 Å². The molecule has 0 amide bonds. The van der Waals surface area contributed by atoms with E-state index >= 15 is 0 Å². The van der Waals surface area contributed by atoms with Crippen molar-refractivity contribution in [2.75, 3.05) is 0 Å². The first kappa shape index (κ1) is 18.6. The van der Waals surface area contributed by atoms with Gasteiger partial charge in [-0.05, 0) is 59.3 Å². The highest BCUT2D eigenvalue weighted by Gasteiger charge is 2.10. The van der Waals surface area contributed by atoms with Crippen LogP contribution >= 0.6 is 25.3 Å². The predicted octanol–water partition coefficient (Wildman–Crippen LogP) is 5.73. The summed E-state index contributed by atoms with van der Waals surface area (Å²) in [5, 5.41) is 20.5. The molecule has 4 heteroatoms. The zero-order valence-corrected chi connectivity index (χ0v) is 15.4. The van der Waals surface area contributed by atoms with Gasteiger partial charge in [-0.2, -0.15) is 0 Å². The van der Waals surface area contributed by atoms with Crippen LogP contribution in [0.2, 0.25) is 0 Å². The maximum absolute atomic E-state index is 10.3. The first-order valence-electron chi connectivity index (χ1n) is 7.81. The van der Waals surface area contributed by atoms with Gasteiger partial charge in [0.1, 0.15) is 11.5 Å². The molecule has 2 nitrogen and oxygen atoms in total. The number of hydrogen-bond acceptors (Lipinski definition) is 4. The summed E-state index contributed by atoms with van der Waals surface area (Å²) >= 11 is 8.68. The minimum Gasteiger partial charge on any atom is -0.507 e. The Morgan fingerprint density at radius 2 is 1.58 bits per heavy atom. The van der Waals surface area contributed by atoms with Gasteiger partial charge in [-0.15, -0.1) is 25.3 Å². The number of allylic oxidation sites excluding steroid dienone is 4. The molecule has 0 radical (unpaired) electrons. The third-order valence-electron chi connectivity index (χ3n) is 3.69. The first-order chi connectivity index (χ1) is 11.5. The van der Waals surface area contributed by atoms with Crippen LogP contribution in [0.25, 0.3) is 11.1 Å². The summed E-state index contributed by atoms with van der Waals surface area (Å²) in [4.78, 5) is 1.91. The summed E-state index contributed by atoms with van der Waals surface area (Å²) < 4.78 is 0. The summed E-state index contributed by atoms with van der Waals surface area (Å²) in [6, 6.07) is 13.0. The van der Waals surface area contributed by atoms with Crippen LogP contribution in [0.4, 0.5) is 0 Å². The fourth-order valence-electron chi connectivity index (χ4n) is 2.40. The van der Waals surface area contributed by atoms with E-state index in [-0.39, 0.29) is 11.5 Å². The van der Waals surface area contributed by atoms with Crippen LogP contribution in [-0.2, 0) is 6.42 Å². The molecular weight excluding hydrogens is 336 g/mol. The van der Waals surface area contributed by atoms with Crippen molar-refractivity contribution >= 4 is 25.3 Å². The van der Waals surface area contributed by atoms with Gasteiger partial charge in [0, 0.05) is 5.56 Å². The number of phenols is 2. The van der Waals surface area contributed by atoms with Gasteiger partial charge >= 0.3 is 0 Å². The Morgan fingerprint density at radius 3 is 2.17 bits per heavy atom. The van der Waals surface area contributed by atoms with Gasteiger partial charge in [-0.25, -0.2) is 0 Å². The maximum atomic E-state index is 10.3. The van der Waals surface area contributed by atoms with Crippen LogP contribution in [-0.4, -0.2) is 10.2 Å². The molecule has 2 rings (SSSR count). The lowest BCUT2D eigenvalue weighted by Gasteiger charge is -2.09. The summed E-state index contributed by atoms with van der Waals surface area (Å²) in [5.41, 5.74) is 2.26. The smallest absolute Gasteiger partial charge is 0.123 e. The van der Waals surface area contributed by atoms with Gasteiger partial charge in [-0.3, -0.25) is 0 Å². The molecule has 0 aliphatic rings. The summed E-state index contributed by atoms with van der Waals surface area (Å²) in [6.07, 6.45) is 6.08. The molecule has 2 N–H and O–H groups in total. The van der Waals surface area contributed by atoms with Gasteiger partial charge < -0.3 is 10.2 Å². The molecule has 0 unspecified atom stereocenters. The van der Waals surface area contributed by atoms with E-state index in [2.05, 4.69) is 25.3 Å². The molecule has 0 atom stereocenters. The van der Waals surface area contributed by atoms with E-state index < -0.39 is 0 Å². The van der Waals surface area contributed by atoms with E-state index in [1.165, 1.54) is 0 Å². The molecule has 0 fully saturated rings. The van der Waals surface area contributed by atoms with Crippen LogP contribution in [0.15, 0.2) is 64.4 Å². The third kappa shape index (κ3) is 5.39. The quantitative estimate of drug-likeness (QED) is 0.498. The fourth-order valence-corrected chi connectivity index (χ4v) is 2.75. The van der Waals surface area contributed by atoms with Gasteiger partial charge in [0.05, 0.1) is 0 Å². The Morgan fingerprint density at radius 1 is 0.958 bits per heavy atom. The van der Waals surface area contributed by atoms with E-state index in [1.807, 2.05) is 49.4 Å². The molecule has 0 aliphatic heterocycles. The van der Waals surface area contributed by atoms with Gasteiger partial charge in [0.15, 0.2) is 0 Å². The normalized spacial score (nSPS) is 12.5. The van der Waals surface area contributed by atoms with Crippen LogP contribution in [0.5, 0.6) is 11.5 Å². The molecule has 0 spiro atoms. The number of benzene rings is 2. The summed E-state index contributed by atoms with van der Waals surface area (Å²) in [6.45, 7) is 1.94. The highest BCUT2D eigenvalue weighted by Crippen LogP contribution is 2.34. The highest BCUT2D eigenvalue weighted by atomic mass is 32.1. The van der Waals surface area contributed by atoms with Crippen molar-refractivity contribution in [2.24, 2.45) is 0 Å². The number of thiol groups is 2. The molecule has 2 aromatic rings. The lowest BCUT2D eigenvalue weighted by Crippen LogP contribution is -1.88. The standard InChI is InChI=1S/C20H22O2S2/c1-14(23)6-5-9-17(24)10-11-18-19(21)12-16(13-20(18)22)15-7-3-2-4-8-15/h2-4,6-8,10,12-13,21-24H,5,9,11H2,1H3. The minimum atomic E-state index is 0.0948. The second kappa shape index (κ2) is 8.90. The molecule has 0 saturated carbocycles. The second-order valence-electron chi connectivity index (χ2n) is 5.64. The Hall–Kier alpha value is -1.78. The number of phenolic OH excluding ortho intramolecular Hbond substituents is 2. The lowest BCUT2D eigenvalue weighted by molar-refractivity contribution is 0.441. The van der Waals surface area contributed by atoms with Crippen LogP contribution in [0.3, 0.4) is 0 Å². The molecular formula is C20H22O2S2. The van der Waals surface area contributed by atoms with E-state index in [1.54, 1.807) is 12.1 Å². The lowest BCUT2D eigenvalue weighted by atomic mass is 10.0. The fraction of sp³-hybridized carbons (Fsp3) is 0.200. The molecule has 2 aromatic carbocycles. The average molecular weight is 359 g/mol. The Kier molecular flexibility index (Phi) is 6.88. The van der Waals surface area contributed by atoms with Crippen LogP contribution in [0.1, 0.15) is 25.3 Å². The van der Waals surface area contributed by atoms with Crippen molar-refractivity contribution in [3.63, 3.8) is 0 Å². The van der Waals surface area contributed by atoms with E-state index in [0.717, 1.165) is 33.8 Å². The molecule has 24 heavy (non-hydrogen) atoms. The van der Waals surface area contributed by atoms with E-state index in [4.69, 9.17) is 0 Å². The first-order valence-corrected chi connectivity index (χ1v) is 8.71. The molecule has 0 heterocycles. The van der Waals surface area contributed by atoms with Crippen molar-refractivity contribution in [1.29, 1.82) is 0 Å². The second-order valence-corrected chi connectivity index (χ2v) is 6.92. The highest BCUT2D eigenvalue weighted by molar-refractivity contribution is 7.84. The molecule has 126 valence electrons. The van der Waals surface area contributed by atoms with Gasteiger partial charge in [0.25, 0.3) is 0 Å². The molecule has 0 saturated heterocycles. The number of rotatable bonds is 6. The minimum absolute atomic E-state index is 0.0948. The molecule has 0 aliphatic carbocycles. The van der Waals surface area contributed by atoms with Crippen molar-refractivity contribution < 1.29 is 10.2 Å². The van der Waals surface area contributed by atoms with Crippen molar-refractivity contribution in [1.82, 2.24) is 0 Å². The largest absolute Gasteiger partial charge is 0.507 e. The maximum Gasteiger partial charge on any atom is 0.123 e. The summed E-state index contributed by atoms with van der Waals surface area (Å²) in [7, 11) is 0. The van der Waals surface area contributed by atoms with E-state index in [9.17, 15) is 10.2 Å².